The maximum Gasteiger partial charge on any atom is 0.212 e. The van der Waals surface area contributed by atoms with Crippen molar-refractivity contribution in [2.24, 2.45) is 0 Å². The summed E-state index contributed by atoms with van der Waals surface area (Å²) in [7, 11) is 0. The van der Waals surface area contributed by atoms with Crippen LogP contribution < -0.4 is 0 Å². The third kappa shape index (κ3) is 2.29. The lowest BCUT2D eigenvalue weighted by Gasteiger charge is -2.05. The standard InChI is InChI=1S/C12H10BrFN2O/c1-2-16-11(5-6-15-16)12(17)9-4-3-8(14)7-10(9)13/h3-7H,2H2,1H3. The Bertz CT molecular complexity index is 565. The molecule has 17 heavy (non-hydrogen) atoms. The molecule has 0 saturated heterocycles. The van der Waals surface area contributed by atoms with Gasteiger partial charge in [0.1, 0.15) is 11.5 Å². The van der Waals surface area contributed by atoms with Crippen LogP contribution in [0, 0.1) is 5.82 Å². The Morgan fingerprint density at radius 1 is 1.47 bits per heavy atom. The van der Waals surface area contributed by atoms with E-state index in [2.05, 4.69) is 21.0 Å². The number of hydrogen-bond donors (Lipinski definition) is 0. The number of aryl methyl sites for hydroxylation is 1. The second-order valence-corrected chi connectivity index (χ2v) is 4.34. The molecule has 0 atom stereocenters. The molecule has 0 radical (unpaired) electrons. The number of halogens is 2. The summed E-state index contributed by atoms with van der Waals surface area (Å²) in [6, 6.07) is 5.67. The molecule has 0 saturated carbocycles. The van der Waals surface area contributed by atoms with Gasteiger partial charge in [-0.15, -0.1) is 0 Å². The van der Waals surface area contributed by atoms with Crippen LogP contribution in [0.3, 0.4) is 0 Å². The Balaban J connectivity index is 2.44. The number of rotatable bonds is 3. The molecule has 0 bridgehead atoms. The minimum atomic E-state index is -0.377. The predicted molar refractivity (Wildman–Crippen MR) is 65.4 cm³/mol. The smallest absolute Gasteiger partial charge is 0.212 e. The molecule has 1 aromatic heterocycles. The second kappa shape index (κ2) is 4.79. The molecular weight excluding hydrogens is 287 g/mol. The summed E-state index contributed by atoms with van der Waals surface area (Å²) in [5, 5.41) is 4.03. The van der Waals surface area contributed by atoms with Gasteiger partial charge in [-0.2, -0.15) is 5.10 Å². The number of carbonyl (C=O) groups is 1. The van der Waals surface area contributed by atoms with Crippen LogP contribution in [-0.4, -0.2) is 15.6 Å². The molecule has 0 fully saturated rings. The van der Waals surface area contributed by atoms with E-state index in [1.807, 2.05) is 6.92 Å². The van der Waals surface area contributed by atoms with Crippen molar-refractivity contribution < 1.29 is 9.18 Å². The fourth-order valence-corrected chi connectivity index (χ4v) is 2.12. The lowest BCUT2D eigenvalue weighted by Crippen LogP contribution is -2.11. The average Bonchev–Trinajstić information content (AvgIpc) is 2.76. The van der Waals surface area contributed by atoms with Gasteiger partial charge in [-0.05, 0) is 47.1 Å². The van der Waals surface area contributed by atoms with E-state index in [-0.39, 0.29) is 11.6 Å². The molecule has 5 heteroatoms. The lowest BCUT2D eigenvalue weighted by molar-refractivity contribution is 0.102. The summed E-state index contributed by atoms with van der Waals surface area (Å²) in [5.41, 5.74) is 0.932. The highest BCUT2D eigenvalue weighted by molar-refractivity contribution is 9.10. The first-order valence-electron chi connectivity index (χ1n) is 5.15. The van der Waals surface area contributed by atoms with E-state index in [0.29, 0.717) is 22.3 Å². The van der Waals surface area contributed by atoms with Crippen molar-refractivity contribution in [3.8, 4) is 0 Å². The topological polar surface area (TPSA) is 34.9 Å². The maximum absolute atomic E-state index is 12.9. The van der Waals surface area contributed by atoms with Gasteiger partial charge in [0.15, 0.2) is 0 Å². The van der Waals surface area contributed by atoms with Gasteiger partial charge >= 0.3 is 0 Å². The Morgan fingerprint density at radius 2 is 2.24 bits per heavy atom. The second-order valence-electron chi connectivity index (χ2n) is 3.49. The van der Waals surface area contributed by atoms with Crippen LogP contribution in [0.1, 0.15) is 23.0 Å². The van der Waals surface area contributed by atoms with E-state index in [0.717, 1.165) is 0 Å². The third-order valence-electron chi connectivity index (χ3n) is 2.42. The molecule has 3 nitrogen and oxygen atoms in total. The van der Waals surface area contributed by atoms with Crippen LogP contribution in [0.4, 0.5) is 4.39 Å². The van der Waals surface area contributed by atoms with E-state index in [1.165, 1.54) is 18.2 Å². The summed E-state index contributed by atoms with van der Waals surface area (Å²) < 4.78 is 15.0. The summed E-state index contributed by atoms with van der Waals surface area (Å²) in [6.07, 6.45) is 1.58. The molecule has 0 amide bonds. The predicted octanol–water partition coefficient (Wildman–Crippen LogP) is 3.04. The SMILES string of the molecule is CCn1nccc1C(=O)c1ccc(F)cc1Br. The van der Waals surface area contributed by atoms with Crippen LogP contribution in [0.5, 0.6) is 0 Å². The lowest BCUT2D eigenvalue weighted by atomic mass is 10.1. The van der Waals surface area contributed by atoms with Crippen molar-refractivity contribution >= 4 is 21.7 Å². The molecule has 0 unspecified atom stereocenters. The summed E-state index contributed by atoms with van der Waals surface area (Å²) in [5.74, 6) is -0.548. The van der Waals surface area contributed by atoms with Crippen LogP contribution in [0.25, 0.3) is 0 Å². The zero-order chi connectivity index (χ0) is 12.4. The summed E-state index contributed by atoms with van der Waals surface area (Å²) in [6.45, 7) is 2.52. The van der Waals surface area contributed by atoms with E-state index in [4.69, 9.17) is 0 Å². The van der Waals surface area contributed by atoms with Crippen molar-refractivity contribution in [3.63, 3.8) is 0 Å². The largest absolute Gasteiger partial charge is 0.287 e. The van der Waals surface area contributed by atoms with Gasteiger partial charge < -0.3 is 0 Å². The highest BCUT2D eigenvalue weighted by Gasteiger charge is 2.16. The van der Waals surface area contributed by atoms with Crippen molar-refractivity contribution in [1.82, 2.24) is 9.78 Å². The van der Waals surface area contributed by atoms with Gasteiger partial charge in [-0.3, -0.25) is 9.48 Å². The van der Waals surface area contributed by atoms with Crippen molar-refractivity contribution in [1.29, 1.82) is 0 Å². The molecule has 0 spiro atoms. The number of hydrogen-bond acceptors (Lipinski definition) is 2. The average molecular weight is 297 g/mol. The van der Waals surface area contributed by atoms with Crippen LogP contribution in [0.15, 0.2) is 34.9 Å². The molecule has 88 valence electrons. The molecule has 1 heterocycles. The number of nitrogens with zero attached hydrogens (tertiary/aromatic N) is 2. The van der Waals surface area contributed by atoms with Gasteiger partial charge in [-0.1, -0.05) is 0 Å². The normalized spacial score (nSPS) is 10.5. The molecule has 0 aliphatic rings. The molecule has 2 rings (SSSR count). The zero-order valence-corrected chi connectivity index (χ0v) is 10.7. The van der Waals surface area contributed by atoms with E-state index < -0.39 is 0 Å². The Kier molecular flexibility index (Phi) is 3.38. The van der Waals surface area contributed by atoms with Gasteiger partial charge in [-0.25, -0.2) is 4.39 Å². The number of benzene rings is 1. The highest BCUT2D eigenvalue weighted by atomic mass is 79.9. The van der Waals surface area contributed by atoms with Crippen molar-refractivity contribution in [3.05, 3.63) is 52.0 Å². The van der Waals surface area contributed by atoms with Crippen molar-refractivity contribution in [2.75, 3.05) is 0 Å². The Morgan fingerprint density at radius 3 is 2.88 bits per heavy atom. The van der Waals surface area contributed by atoms with Gasteiger partial charge in [0, 0.05) is 22.8 Å². The number of ketones is 1. The quantitative estimate of drug-likeness (QED) is 0.816. The van der Waals surface area contributed by atoms with Gasteiger partial charge in [0.2, 0.25) is 5.78 Å². The minimum Gasteiger partial charge on any atom is -0.287 e. The fourth-order valence-electron chi connectivity index (χ4n) is 1.59. The summed E-state index contributed by atoms with van der Waals surface area (Å²) >= 11 is 3.19. The first kappa shape index (κ1) is 12.0. The third-order valence-corrected chi connectivity index (χ3v) is 3.08. The van der Waals surface area contributed by atoms with E-state index in [9.17, 15) is 9.18 Å². The number of aromatic nitrogens is 2. The number of carbonyl (C=O) groups excluding carboxylic acids is 1. The Labute approximate surface area is 106 Å². The molecule has 1 aromatic carbocycles. The minimum absolute atomic E-state index is 0.170. The van der Waals surface area contributed by atoms with Crippen LogP contribution >= 0.6 is 15.9 Å². The van der Waals surface area contributed by atoms with Crippen molar-refractivity contribution in [2.45, 2.75) is 13.5 Å². The van der Waals surface area contributed by atoms with E-state index >= 15 is 0 Å². The molecular formula is C12H10BrFN2O. The first-order valence-corrected chi connectivity index (χ1v) is 5.94. The fraction of sp³-hybridized carbons (Fsp3) is 0.167. The first-order chi connectivity index (χ1) is 8.13. The van der Waals surface area contributed by atoms with E-state index in [1.54, 1.807) is 16.9 Å². The van der Waals surface area contributed by atoms with Crippen LogP contribution in [0.2, 0.25) is 0 Å². The Hall–Kier alpha value is -1.49. The van der Waals surface area contributed by atoms with Gasteiger partial charge in [0.25, 0.3) is 0 Å². The molecule has 0 N–H and O–H groups in total. The highest BCUT2D eigenvalue weighted by Crippen LogP contribution is 2.21. The zero-order valence-electron chi connectivity index (χ0n) is 9.15. The molecule has 0 aliphatic heterocycles. The monoisotopic (exact) mass is 296 g/mol. The van der Waals surface area contributed by atoms with Crippen LogP contribution in [-0.2, 0) is 6.54 Å². The summed E-state index contributed by atoms with van der Waals surface area (Å²) in [4.78, 5) is 12.2. The van der Waals surface area contributed by atoms with Gasteiger partial charge in [0.05, 0.1) is 0 Å². The molecule has 0 aliphatic carbocycles. The molecule has 2 aromatic rings. The maximum atomic E-state index is 12.9.